The van der Waals surface area contributed by atoms with E-state index in [1.54, 1.807) is 24.3 Å². The van der Waals surface area contributed by atoms with E-state index in [9.17, 15) is 19.2 Å². The molecule has 0 radical (unpaired) electrons. The fourth-order valence-corrected chi connectivity index (χ4v) is 4.97. The van der Waals surface area contributed by atoms with E-state index < -0.39 is 5.97 Å². The summed E-state index contributed by atoms with van der Waals surface area (Å²) in [4.78, 5) is 50.5. The van der Waals surface area contributed by atoms with Gasteiger partial charge in [-0.3, -0.25) is 24.1 Å². The van der Waals surface area contributed by atoms with Crippen LogP contribution in [0.1, 0.15) is 36.0 Å². The molecule has 7 heteroatoms. The number of rotatable bonds is 7. The minimum atomic E-state index is -0.595. The number of likely N-dealkylation sites (tertiary alicyclic amines) is 1. The number of hydrogen-bond acceptors (Lipinski definition) is 6. The third kappa shape index (κ3) is 3.19. The summed E-state index contributed by atoms with van der Waals surface area (Å²) in [6.45, 7) is -0.345. The summed E-state index contributed by atoms with van der Waals surface area (Å²) in [6, 6.07) is 6.51. The number of esters is 1. The summed E-state index contributed by atoms with van der Waals surface area (Å²) < 4.78 is 10.1. The van der Waals surface area contributed by atoms with Crippen LogP contribution in [-0.4, -0.2) is 48.7 Å². The molecule has 0 aromatic heterocycles. The molecule has 7 nitrogen and oxygen atoms in total. The van der Waals surface area contributed by atoms with Crippen LogP contribution >= 0.6 is 0 Å². The van der Waals surface area contributed by atoms with E-state index in [2.05, 4.69) is 0 Å². The molecule has 3 fully saturated rings. The maximum atomic E-state index is 12.6. The van der Waals surface area contributed by atoms with Gasteiger partial charge in [-0.1, -0.05) is 0 Å². The number of carbonyl (C=O) groups excluding carboxylic acids is 4. The van der Waals surface area contributed by atoms with Crippen molar-refractivity contribution in [3.05, 3.63) is 29.8 Å². The second-order valence-electron chi connectivity index (χ2n) is 7.78. The number of amides is 2. The van der Waals surface area contributed by atoms with Crippen LogP contribution in [0.15, 0.2) is 24.3 Å². The summed E-state index contributed by atoms with van der Waals surface area (Å²) >= 11 is 0. The van der Waals surface area contributed by atoms with Gasteiger partial charge in [-0.25, -0.2) is 0 Å². The molecule has 1 aromatic rings. The van der Waals surface area contributed by atoms with Gasteiger partial charge in [0.05, 0.1) is 25.4 Å². The van der Waals surface area contributed by atoms with Gasteiger partial charge in [0.1, 0.15) is 5.75 Å². The lowest BCUT2D eigenvalue weighted by Crippen LogP contribution is -2.35. The number of carbonyl (C=O) groups is 4. The molecule has 2 aliphatic carbocycles. The first-order valence-corrected chi connectivity index (χ1v) is 9.67. The fraction of sp³-hybridized carbons (Fsp3) is 0.524. The first-order chi connectivity index (χ1) is 13.5. The number of benzene rings is 1. The Bertz CT molecular complexity index is 789. The van der Waals surface area contributed by atoms with Gasteiger partial charge in [-0.05, 0) is 55.4 Å². The molecule has 1 heterocycles. The molecule has 1 saturated heterocycles. The predicted octanol–water partition coefficient (Wildman–Crippen LogP) is 1.84. The van der Waals surface area contributed by atoms with E-state index in [0.29, 0.717) is 23.1 Å². The normalized spacial score (nSPS) is 27.8. The van der Waals surface area contributed by atoms with Crippen molar-refractivity contribution in [3.8, 4) is 5.75 Å². The zero-order valence-corrected chi connectivity index (χ0v) is 15.8. The van der Waals surface area contributed by atoms with E-state index >= 15 is 0 Å². The number of imide groups is 1. The SMILES string of the molecule is COc1ccc(C(=O)COC(=O)CCN2C(=O)[C@@H]3[C@H]4CC[C@@H](C4)[C@H]3C2=O)cc1. The zero-order chi connectivity index (χ0) is 19.8. The van der Waals surface area contributed by atoms with Crippen molar-refractivity contribution in [2.45, 2.75) is 25.7 Å². The number of nitrogens with zero attached hydrogens (tertiary/aromatic N) is 1. The van der Waals surface area contributed by atoms with Gasteiger partial charge in [0.25, 0.3) is 0 Å². The summed E-state index contributed by atoms with van der Waals surface area (Å²) in [7, 11) is 1.53. The van der Waals surface area contributed by atoms with Crippen molar-refractivity contribution in [3.63, 3.8) is 0 Å². The number of ether oxygens (including phenoxy) is 2. The van der Waals surface area contributed by atoms with Crippen LogP contribution in [0, 0.1) is 23.7 Å². The molecule has 1 aromatic carbocycles. The van der Waals surface area contributed by atoms with Gasteiger partial charge in [0, 0.05) is 12.1 Å². The van der Waals surface area contributed by atoms with Gasteiger partial charge < -0.3 is 9.47 Å². The Balaban J connectivity index is 1.26. The third-order valence-electron chi connectivity index (χ3n) is 6.33. The van der Waals surface area contributed by atoms with Crippen LogP contribution in [0.2, 0.25) is 0 Å². The van der Waals surface area contributed by atoms with Crippen molar-refractivity contribution in [1.29, 1.82) is 0 Å². The van der Waals surface area contributed by atoms with Crippen LogP contribution in [0.4, 0.5) is 0 Å². The van der Waals surface area contributed by atoms with Crippen LogP contribution in [0.5, 0.6) is 5.75 Å². The van der Waals surface area contributed by atoms with Crippen molar-refractivity contribution < 1.29 is 28.7 Å². The van der Waals surface area contributed by atoms with Gasteiger partial charge in [-0.15, -0.1) is 0 Å². The van der Waals surface area contributed by atoms with E-state index in [-0.39, 0.29) is 49.0 Å². The Hall–Kier alpha value is -2.70. The van der Waals surface area contributed by atoms with Gasteiger partial charge in [0.15, 0.2) is 12.4 Å². The summed E-state index contributed by atoms with van der Waals surface area (Å²) in [5.74, 6) is -0.271. The monoisotopic (exact) mass is 385 g/mol. The molecule has 4 rings (SSSR count). The maximum Gasteiger partial charge on any atom is 0.308 e. The highest BCUT2D eigenvalue weighted by Crippen LogP contribution is 2.56. The second-order valence-corrected chi connectivity index (χ2v) is 7.78. The van der Waals surface area contributed by atoms with Crippen LogP contribution in [0.3, 0.4) is 0 Å². The molecule has 0 unspecified atom stereocenters. The van der Waals surface area contributed by atoms with Crippen molar-refractivity contribution >= 4 is 23.6 Å². The minimum Gasteiger partial charge on any atom is -0.497 e. The van der Waals surface area contributed by atoms with Crippen molar-refractivity contribution in [2.24, 2.45) is 23.7 Å². The standard InChI is InChI=1S/C21H23NO6/c1-27-15-6-4-12(5-7-15)16(23)11-28-17(24)8-9-22-20(25)18-13-2-3-14(10-13)19(18)21(22)26/h4-7,13-14,18-19H,2-3,8-11H2,1H3/t13-,14-,18+,19+/m0/s1. The Labute approximate surface area is 163 Å². The molecule has 0 spiro atoms. The van der Waals surface area contributed by atoms with E-state index in [1.165, 1.54) is 12.0 Å². The van der Waals surface area contributed by atoms with Crippen LogP contribution in [-0.2, 0) is 19.1 Å². The predicted molar refractivity (Wildman–Crippen MR) is 97.4 cm³/mol. The molecule has 4 atom stereocenters. The highest BCUT2D eigenvalue weighted by molar-refractivity contribution is 6.06. The third-order valence-corrected chi connectivity index (χ3v) is 6.33. The van der Waals surface area contributed by atoms with E-state index in [1.807, 2.05) is 0 Å². The van der Waals surface area contributed by atoms with Crippen molar-refractivity contribution in [2.75, 3.05) is 20.3 Å². The molecule has 2 bridgehead atoms. The molecular weight excluding hydrogens is 362 g/mol. The van der Waals surface area contributed by atoms with Gasteiger partial charge in [-0.2, -0.15) is 0 Å². The minimum absolute atomic E-state index is 0.0274. The lowest BCUT2D eigenvalue weighted by molar-refractivity contribution is -0.145. The summed E-state index contributed by atoms with van der Waals surface area (Å²) in [5, 5.41) is 0. The first-order valence-electron chi connectivity index (χ1n) is 9.67. The van der Waals surface area contributed by atoms with E-state index in [4.69, 9.17) is 9.47 Å². The number of hydrogen-bond donors (Lipinski definition) is 0. The van der Waals surface area contributed by atoms with Crippen molar-refractivity contribution in [1.82, 2.24) is 4.90 Å². The summed E-state index contributed by atoms with van der Waals surface area (Å²) in [5.41, 5.74) is 0.418. The molecule has 28 heavy (non-hydrogen) atoms. The largest absolute Gasteiger partial charge is 0.497 e. The number of methoxy groups -OCH3 is 1. The molecule has 1 aliphatic heterocycles. The average molecular weight is 385 g/mol. The quantitative estimate of drug-likeness (QED) is 0.404. The highest BCUT2D eigenvalue weighted by atomic mass is 16.5. The Morgan fingerprint density at radius 1 is 1.04 bits per heavy atom. The molecule has 0 N–H and O–H groups in total. The topological polar surface area (TPSA) is 90.0 Å². The average Bonchev–Trinajstić information content (AvgIpc) is 3.39. The smallest absolute Gasteiger partial charge is 0.308 e. The molecule has 3 aliphatic rings. The Morgan fingerprint density at radius 2 is 1.64 bits per heavy atom. The summed E-state index contributed by atoms with van der Waals surface area (Å²) in [6.07, 6.45) is 2.93. The lowest BCUT2D eigenvalue weighted by atomic mass is 9.81. The first kappa shape index (κ1) is 18.7. The Morgan fingerprint density at radius 3 is 2.21 bits per heavy atom. The zero-order valence-electron chi connectivity index (χ0n) is 15.8. The fourth-order valence-electron chi connectivity index (χ4n) is 4.97. The molecule has 2 amide bonds. The number of fused-ring (bicyclic) bond motifs is 5. The maximum absolute atomic E-state index is 12.6. The number of Topliss-reactive ketones (excluding diaryl/α,β-unsaturated/α-hetero) is 1. The number of ketones is 1. The molecule has 148 valence electrons. The highest BCUT2D eigenvalue weighted by Gasteiger charge is 2.60. The van der Waals surface area contributed by atoms with Gasteiger partial charge >= 0.3 is 5.97 Å². The Kier molecular flexibility index (Phi) is 4.91. The van der Waals surface area contributed by atoms with Crippen LogP contribution < -0.4 is 4.74 Å². The second kappa shape index (κ2) is 7.37. The molecule has 2 saturated carbocycles. The lowest BCUT2D eigenvalue weighted by Gasteiger charge is -2.19. The molecular formula is C21H23NO6. The van der Waals surface area contributed by atoms with Gasteiger partial charge in [0.2, 0.25) is 11.8 Å². The van der Waals surface area contributed by atoms with Crippen LogP contribution in [0.25, 0.3) is 0 Å². The van der Waals surface area contributed by atoms with E-state index in [0.717, 1.165) is 19.3 Å².